The summed E-state index contributed by atoms with van der Waals surface area (Å²) >= 11 is 13.8. The summed E-state index contributed by atoms with van der Waals surface area (Å²) in [5.41, 5.74) is 1.38. The molecule has 5 nitrogen and oxygen atoms in total. The highest BCUT2D eigenvalue weighted by Crippen LogP contribution is 2.41. The van der Waals surface area contributed by atoms with Crippen LogP contribution < -0.4 is 4.90 Å². The molecular formula is C17H17Cl2N3O2S. The number of halogens is 2. The lowest BCUT2D eigenvalue weighted by Crippen LogP contribution is -2.39. The van der Waals surface area contributed by atoms with Crippen LogP contribution in [0.5, 0.6) is 0 Å². The van der Waals surface area contributed by atoms with Gasteiger partial charge in [0.1, 0.15) is 5.15 Å². The van der Waals surface area contributed by atoms with E-state index in [0.717, 1.165) is 18.4 Å². The summed E-state index contributed by atoms with van der Waals surface area (Å²) in [7, 11) is 0. The van der Waals surface area contributed by atoms with E-state index >= 15 is 0 Å². The van der Waals surface area contributed by atoms with Crippen molar-refractivity contribution in [3.8, 4) is 0 Å². The van der Waals surface area contributed by atoms with Crippen LogP contribution in [-0.4, -0.2) is 28.9 Å². The minimum atomic E-state index is -0.652. The van der Waals surface area contributed by atoms with Gasteiger partial charge in [0.25, 0.3) is 0 Å². The van der Waals surface area contributed by atoms with Gasteiger partial charge in [0, 0.05) is 11.6 Å². The van der Waals surface area contributed by atoms with Gasteiger partial charge in [-0.2, -0.15) is 0 Å². The van der Waals surface area contributed by atoms with E-state index in [1.54, 1.807) is 17.0 Å². The average molecular weight is 398 g/mol. The third-order valence-electron chi connectivity index (χ3n) is 3.91. The molecule has 2 aromatic rings. The van der Waals surface area contributed by atoms with E-state index in [1.165, 1.54) is 11.8 Å². The fourth-order valence-corrected chi connectivity index (χ4v) is 3.43. The number of aromatic nitrogens is 2. The molecular weight excluding hydrogens is 381 g/mol. The first-order chi connectivity index (χ1) is 12.0. The monoisotopic (exact) mass is 397 g/mol. The van der Waals surface area contributed by atoms with Gasteiger partial charge in [0.05, 0.1) is 5.56 Å². The van der Waals surface area contributed by atoms with Gasteiger partial charge in [-0.25, -0.2) is 14.8 Å². The molecule has 1 atom stereocenters. The second kappa shape index (κ2) is 7.81. The molecule has 8 heteroatoms. The number of anilines is 1. The predicted molar refractivity (Wildman–Crippen MR) is 101 cm³/mol. The smallest absolute Gasteiger partial charge is 0.416 e. The minimum absolute atomic E-state index is 0.295. The van der Waals surface area contributed by atoms with E-state index in [9.17, 15) is 4.79 Å². The lowest BCUT2D eigenvalue weighted by Gasteiger charge is -2.33. The van der Waals surface area contributed by atoms with Gasteiger partial charge in [-0.1, -0.05) is 60.4 Å². The maximum Gasteiger partial charge on any atom is 0.416 e. The Hall–Kier alpha value is -1.50. The number of hydrogen-bond acceptors (Lipinski definition) is 5. The maximum absolute atomic E-state index is 12.6. The molecule has 1 unspecified atom stereocenters. The molecule has 25 heavy (non-hydrogen) atoms. The zero-order valence-electron chi connectivity index (χ0n) is 13.8. The van der Waals surface area contributed by atoms with Crippen LogP contribution in [0, 0.1) is 0 Å². The first-order valence-electron chi connectivity index (χ1n) is 7.90. The number of unbranched alkanes of at least 4 members (excludes halogenated alkanes) is 1. The molecule has 0 N–H and O–H groups in total. The SMILES string of the molecule is CCCCN1C(=O)OC(c2ccc(Cl)cc2)c2c(Cl)nc(SC)nc21. The average Bonchev–Trinajstić information content (AvgIpc) is 2.60. The quantitative estimate of drug-likeness (QED) is 0.386. The van der Waals surface area contributed by atoms with Crippen molar-refractivity contribution in [3.05, 3.63) is 45.6 Å². The molecule has 2 heterocycles. The van der Waals surface area contributed by atoms with Crippen LogP contribution >= 0.6 is 35.0 Å². The zero-order valence-corrected chi connectivity index (χ0v) is 16.2. The van der Waals surface area contributed by atoms with Crippen molar-refractivity contribution in [3.63, 3.8) is 0 Å². The standard InChI is InChI=1S/C17H17Cl2N3O2S/c1-3-4-9-22-15-12(14(19)20-16(21-15)25-2)13(24-17(22)23)10-5-7-11(18)8-6-10/h5-8,13H,3-4,9H2,1-2H3. The lowest BCUT2D eigenvalue weighted by atomic mass is 10.0. The number of hydrogen-bond donors (Lipinski definition) is 0. The van der Waals surface area contributed by atoms with Crippen LogP contribution in [0.4, 0.5) is 10.6 Å². The number of nitrogens with zero attached hydrogens (tertiary/aromatic N) is 3. The third-order valence-corrected chi connectivity index (χ3v) is 4.99. The summed E-state index contributed by atoms with van der Waals surface area (Å²) < 4.78 is 5.68. The number of benzene rings is 1. The zero-order chi connectivity index (χ0) is 18.0. The molecule has 1 aliphatic heterocycles. The van der Waals surface area contributed by atoms with Crippen molar-refractivity contribution in [1.82, 2.24) is 9.97 Å². The number of fused-ring (bicyclic) bond motifs is 1. The van der Waals surface area contributed by atoms with Gasteiger partial charge in [0.15, 0.2) is 17.1 Å². The number of rotatable bonds is 5. The Balaban J connectivity index is 2.12. The number of thioether (sulfide) groups is 1. The maximum atomic E-state index is 12.6. The Morgan fingerprint density at radius 1 is 1.24 bits per heavy atom. The van der Waals surface area contributed by atoms with Gasteiger partial charge in [-0.15, -0.1) is 0 Å². The van der Waals surface area contributed by atoms with Crippen molar-refractivity contribution in [1.29, 1.82) is 0 Å². The largest absolute Gasteiger partial charge is 0.436 e. The van der Waals surface area contributed by atoms with Crippen LogP contribution in [0.25, 0.3) is 0 Å². The molecule has 0 bridgehead atoms. The van der Waals surface area contributed by atoms with Crippen molar-refractivity contribution in [2.24, 2.45) is 0 Å². The number of ether oxygens (including phenoxy) is 1. The normalized spacial score (nSPS) is 16.6. The Bertz CT molecular complexity index is 786. The number of amides is 1. The summed E-state index contributed by atoms with van der Waals surface area (Å²) in [5, 5.41) is 1.42. The van der Waals surface area contributed by atoms with Gasteiger partial charge in [-0.3, -0.25) is 4.90 Å². The highest BCUT2D eigenvalue weighted by molar-refractivity contribution is 7.98. The molecule has 0 radical (unpaired) electrons. The van der Waals surface area contributed by atoms with E-state index < -0.39 is 12.2 Å². The third kappa shape index (κ3) is 3.71. The summed E-state index contributed by atoms with van der Waals surface area (Å²) in [6.45, 7) is 2.59. The van der Waals surface area contributed by atoms with Crippen LogP contribution in [0.1, 0.15) is 37.0 Å². The highest BCUT2D eigenvalue weighted by Gasteiger charge is 2.37. The molecule has 0 fully saturated rings. The molecule has 0 aliphatic carbocycles. The van der Waals surface area contributed by atoms with E-state index in [0.29, 0.717) is 33.3 Å². The Morgan fingerprint density at radius 2 is 1.96 bits per heavy atom. The van der Waals surface area contributed by atoms with Crippen LogP contribution in [-0.2, 0) is 4.74 Å². The first-order valence-corrected chi connectivity index (χ1v) is 9.88. The van der Waals surface area contributed by atoms with E-state index in [-0.39, 0.29) is 0 Å². The van der Waals surface area contributed by atoms with Gasteiger partial charge < -0.3 is 4.74 Å². The molecule has 132 valence electrons. The van der Waals surface area contributed by atoms with Crippen molar-refractivity contribution in [2.75, 3.05) is 17.7 Å². The molecule has 0 saturated carbocycles. The fraction of sp³-hybridized carbons (Fsp3) is 0.353. The summed E-state index contributed by atoms with van der Waals surface area (Å²) in [6, 6.07) is 7.12. The Kier molecular flexibility index (Phi) is 5.71. The molecule has 1 aromatic carbocycles. The van der Waals surface area contributed by atoms with Crippen LogP contribution in [0.3, 0.4) is 0 Å². The van der Waals surface area contributed by atoms with Crippen LogP contribution in [0.2, 0.25) is 10.2 Å². The fourth-order valence-electron chi connectivity index (χ4n) is 2.63. The Labute approximate surface area is 160 Å². The van der Waals surface area contributed by atoms with E-state index in [4.69, 9.17) is 27.9 Å². The molecule has 1 aromatic heterocycles. The van der Waals surface area contributed by atoms with Gasteiger partial charge in [0.2, 0.25) is 0 Å². The van der Waals surface area contributed by atoms with E-state index in [2.05, 4.69) is 16.9 Å². The van der Waals surface area contributed by atoms with Crippen molar-refractivity contribution in [2.45, 2.75) is 31.0 Å². The highest BCUT2D eigenvalue weighted by atomic mass is 35.5. The number of carbonyl (C=O) groups is 1. The minimum Gasteiger partial charge on any atom is -0.436 e. The number of carbonyl (C=O) groups excluding carboxylic acids is 1. The molecule has 0 spiro atoms. The van der Waals surface area contributed by atoms with Gasteiger partial charge in [-0.05, 0) is 30.4 Å². The van der Waals surface area contributed by atoms with Gasteiger partial charge >= 0.3 is 6.09 Å². The first kappa shape index (κ1) is 18.3. The number of cyclic esters (lactones) is 1. The molecule has 1 aliphatic rings. The lowest BCUT2D eigenvalue weighted by molar-refractivity contribution is 0.116. The molecule has 0 saturated heterocycles. The summed E-state index contributed by atoms with van der Waals surface area (Å²) in [6.07, 6.45) is 2.58. The Morgan fingerprint density at radius 3 is 2.60 bits per heavy atom. The summed E-state index contributed by atoms with van der Waals surface area (Å²) in [5.74, 6) is 0.522. The van der Waals surface area contributed by atoms with Crippen molar-refractivity contribution < 1.29 is 9.53 Å². The predicted octanol–water partition coefficient (Wildman–Crippen LogP) is 5.35. The van der Waals surface area contributed by atoms with Crippen LogP contribution in [0.15, 0.2) is 29.4 Å². The summed E-state index contributed by atoms with van der Waals surface area (Å²) in [4.78, 5) is 23.0. The topological polar surface area (TPSA) is 55.3 Å². The second-order valence-corrected chi connectivity index (χ2v) is 7.13. The van der Waals surface area contributed by atoms with E-state index in [1.807, 2.05) is 18.4 Å². The second-order valence-electron chi connectivity index (χ2n) is 5.56. The van der Waals surface area contributed by atoms with Crippen molar-refractivity contribution >= 4 is 46.9 Å². The molecule has 1 amide bonds. The molecule has 3 rings (SSSR count).